The molecule has 4 rings (SSSR count). The zero-order valence-electron chi connectivity index (χ0n) is 19.0. The number of para-hydroxylation sites is 2. The molecule has 0 aliphatic carbocycles. The van der Waals surface area contributed by atoms with Gasteiger partial charge in [0.1, 0.15) is 18.1 Å². The minimum absolute atomic E-state index is 0.387. The van der Waals surface area contributed by atoms with Gasteiger partial charge in [0.05, 0.1) is 30.8 Å². The Kier molecular flexibility index (Phi) is 8.60. The van der Waals surface area contributed by atoms with Crippen LogP contribution in [-0.4, -0.2) is 37.9 Å². The van der Waals surface area contributed by atoms with Gasteiger partial charge in [-0.1, -0.05) is 55.6 Å². The second-order valence-corrected chi connectivity index (χ2v) is 8.05. The van der Waals surface area contributed by atoms with Crippen molar-refractivity contribution in [2.24, 2.45) is 0 Å². The molecule has 0 spiro atoms. The number of anilines is 1. The van der Waals surface area contributed by atoms with Crippen molar-refractivity contribution in [3.63, 3.8) is 0 Å². The van der Waals surface area contributed by atoms with Gasteiger partial charge in [0, 0.05) is 5.02 Å². The van der Waals surface area contributed by atoms with Crippen LogP contribution in [0.25, 0.3) is 11.0 Å². The van der Waals surface area contributed by atoms with E-state index in [2.05, 4.69) is 43.1 Å². The zero-order chi connectivity index (χ0) is 24.4. The number of nitrogens with zero attached hydrogens (tertiary/aromatic N) is 5. The van der Waals surface area contributed by atoms with Crippen LogP contribution < -0.4 is 5.32 Å². The molecule has 34 heavy (non-hydrogen) atoms. The molecule has 0 aliphatic heterocycles. The van der Waals surface area contributed by atoms with Crippen molar-refractivity contribution in [2.45, 2.75) is 38.1 Å². The van der Waals surface area contributed by atoms with Crippen LogP contribution in [0.2, 0.25) is 5.02 Å². The summed E-state index contributed by atoms with van der Waals surface area (Å²) in [5.74, 6) is 0.387. The normalized spacial score (nSPS) is 12.2. The summed E-state index contributed by atoms with van der Waals surface area (Å²) in [4.78, 5) is 21.9. The molecule has 2 aromatic carbocycles. The Morgan fingerprint density at radius 1 is 1.26 bits per heavy atom. The highest BCUT2D eigenvalue weighted by Crippen LogP contribution is 2.32. The third-order valence-corrected chi connectivity index (χ3v) is 5.51. The number of aromatic amines is 1. The average Bonchev–Trinajstić information content (AvgIpc) is 3.51. The number of unbranched alkanes of at least 4 members (excludes halogenated alkanes) is 1. The summed E-state index contributed by atoms with van der Waals surface area (Å²) < 4.78 is 6.16. The minimum Gasteiger partial charge on any atom is -0.453 e. The van der Waals surface area contributed by atoms with Crippen LogP contribution in [0.4, 0.5) is 10.7 Å². The molecular weight excluding hydrogens is 454 g/mol. The van der Waals surface area contributed by atoms with E-state index in [4.69, 9.17) is 11.6 Å². The molecule has 0 saturated carbocycles. The second-order valence-electron chi connectivity index (χ2n) is 7.62. The lowest BCUT2D eigenvalue weighted by Crippen LogP contribution is -2.30. The first kappa shape index (κ1) is 24.7. The van der Waals surface area contributed by atoms with Crippen LogP contribution in [0.15, 0.2) is 61.2 Å². The molecule has 2 heterocycles. The fraction of sp³-hybridized carbons (Fsp3) is 0.292. The van der Waals surface area contributed by atoms with E-state index >= 15 is 0 Å². The predicted molar refractivity (Wildman–Crippen MR) is 130 cm³/mol. The summed E-state index contributed by atoms with van der Waals surface area (Å²) >= 11 is 5.94. The van der Waals surface area contributed by atoms with E-state index in [1.54, 1.807) is 11.0 Å². The fourth-order valence-corrected chi connectivity index (χ4v) is 3.59. The summed E-state index contributed by atoms with van der Waals surface area (Å²) in [7, 11) is 1.30. The maximum atomic E-state index is 10.9. The number of methoxy groups -OCH3 is 1. The van der Waals surface area contributed by atoms with Crippen LogP contribution >= 0.6 is 11.6 Å². The Bertz CT molecular complexity index is 1200. The van der Waals surface area contributed by atoms with Gasteiger partial charge >= 0.3 is 6.09 Å². The van der Waals surface area contributed by atoms with E-state index in [0.717, 1.165) is 35.9 Å². The Labute approximate surface area is 202 Å². The SMILES string of the molecule is CCCCC(C#N)(Cn1cncn1)c1ccc(Cl)cc1.COC(=O)Nc1nc2ccccc2[nH]1. The van der Waals surface area contributed by atoms with E-state index in [1.807, 2.05) is 48.5 Å². The molecule has 0 bridgehead atoms. The number of aromatic nitrogens is 5. The van der Waals surface area contributed by atoms with Crippen LogP contribution in [0.1, 0.15) is 31.7 Å². The van der Waals surface area contributed by atoms with Gasteiger partial charge in [0.25, 0.3) is 0 Å². The standard InChI is InChI=1S/C15H17ClN4.C9H9N3O2/c1-2-3-8-15(9-17,10-20-12-18-11-19-20)13-4-6-14(16)7-5-13;1-14-9(13)12-8-10-6-4-2-3-5-7(6)11-8/h4-7,11-12H,2-3,8,10H2,1H3;2-5H,1H3,(H2,10,11,12,13). The quantitative estimate of drug-likeness (QED) is 0.369. The summed E-state index contributed by atoms with van der Waals surface area (Å²) in [5.41, 5.74) is 2.07. The number of nitrogens with one attached hydrogen (secondary N) is 2. The van der Waals surface area contributed by atoms with Gasteiger partial charge in [-0.2, -0.15) is 10.4 Å². The molecule has 9 nitrogen and oxygen atoms in total. The Morgan fingerprint density at radius 3 is 2.65 bits per heavy atom. The van der Waals surface area contributed by atoms with Gasteiger partial charge in [-0.05, 0) is 36.2 Å². The van der Waals surface area contributed by atoms with E-state index < -0.39 is 11.5 Å². The first-order valence-corrected chi connectivity index (χ1v) is 11.2. The number of H-pyrrole nitrogens is 1. The summed E-state index contributed by atoms with van der Waals surface area (Å²) in [6, 6.07) is 17.5. The first-order valence-electron chi connectivity index (χ1n) is 10.8. The molecule has 0 radical (unpaired) electrons. The maximum absolute atomic E-state index is 10.9. The molecule has 1 unspecified atom stereocenters. The highest BCUT2D eigenvalue weighted by atomic mass is 35.5. The number of hydrogen-bond donors (Lipinski definition) is 2. The smallest absolute Gasteiger partial charge is 0.413 e. The topological polar surface area (TPSA) is 122 Å². The molecule has 2 aromatic heterocycles. The average molecular weight is 480 g/mol. The molecule has 176 valence electrons. The monoisotopic (exact) mass is 479 g/mol. The van der Waals surface area contributed by atoms with E-state index in [1.165, 1.54) is 13.4 Å². The largest absolute Gasteiger partial charge is 0.453 e. The number of hydrogen-bond acceptors (Lipinski definition) is 6. The lowest BCUT2D eigenvalue weighted by Gasteiger charge is -2.27. The maximum Gasteiger partial charge on any atom is 0.413 e. The second kappa shape index (κ2) is 11.8. The predicted octanol–water partition coefficient (Wildman–Crippen LogP) is 5.32. The summed E-state index contributed by atoms with van der Waals surface area (Å²) in [6.07, 6.45) is 5.43. The van der Waals surface area contributed by atoms with Crippen LogP contribution in [0.3, 0.4) is 0 Å². The molecule has 10 heteroatoms. The molecule has 1 amide bonds. The summed E-state index contributed by atoms with van der Waals surface area (Å²) in [6.45, 7) is 2.63. The van der Waals surface area contributed by atoms with E-state index in [9.17, 15) is 10.1 Å². The third kappa shape index (κ3) is 6.33. The lowest BCUT2D eigenvalue weighted by molar-refractivity contribution is 0.186. The van der Waals surface area contributed by atoms with Crippen molar-refractivity contribution in [1.82, 2.24) is 24.7 Å². The van der Waals surface area contributed by atoms with Gasteiger partial charge in [0.2, 0.25) is 5.95 Å². The number of carbonyl (C=O) groups is 1. The minimum atomic E-state index is -0.589. The number of imidazole rings is 1. The number of nitriles is 1. The molecule has 4 aromatic rings. The lowest BCUT2D eigenvalue weighted by atomic mass is 9.77. The molecular formula is C24H26ClN7O2. The van der Waals surface area contributed by atoms with Crippen molar-refractivity contribution < 1.29 is 9.53 Å². The number of amides is 1. The molecule has 0 fully saturated rings. The number of halogens is 1. The highest BCUT2D eigenvalue weighted by Gasteiger charge is 2.32. The Hall–Kier alpha value is -3.90. The van der Waals surface area contributed by atoms with Gasteiger partial charge < -0.3 is 9.72 Å². The van der Waals surface area contributed by atoms with E-state index in [-0.39, 0.29) is 0 Å². The summed E-state index contributed by atoms with van der Waals surface area (Å²) in [5, 5.41) is 17.0. The first-order chi connectivity index (χ1) is 16.5. The van der Waals surface area contributed by atoms with Crippen LogP contribution in [0.5, 0.6) is 0 Å². The Morgan fingerprint density at radius 2 is 2.03 bits per heavy atom. The van der Waals surface area contributed by atoms with Gasteiger partial charge in [-0.3, -0.25) is 10.00 Å². The molecule has 2 N–H and O–H groups in total. The molecule has 0 aliphatic rings. The van der Waals surface area contributed by atoms with Crippen molar-refractivity contribution in [3.05, 3.63) is 71.8 Å². The Balaban J connectivity index is 0.000000202. The zero-order valence-corrected chi connectivity index (χ0v) is 19.8. The van der Waals surface area contributed by atoms with Crippen molar-refractivity contribution in [3.8, 4) is 6.07 Å². The number of ether oxygens (including phenoxy) is 1. The number of rotatable bonds is 7. The van der Waals surface area contributed by atoms with Crippen molar-refractivity contribution >= 4 is 34.7 Å². The van der Waals surface area contributed by atoms with Crippen LogP contribution in [-0.2, 0) is 16.7 Å². The van der Waals surface area contributed by atoms with Crippen molar-refractivity contribution in [1.29, 1.82) is 5.26 Å². The van der Waals surface area contributed by atoms with Gasteiger partial charge in [-0.25, -0.2) is 14.8 Å². The molecule has 0 saturated heterocycles. The third-order valence-electron chi connectivity index (χ3n) is 5.26. The van der Waals surface area contributed by atoms with Gasteiger partial charge in [-0.15, -0.1) is 0 Å². The fourth-order valence-electron chi connectivity index (χ4n) is 3.47. The van der Waals surface area contributed by atoms with Gasteiger partial charge in [0.15, 0.2) is 0 Å². The number of benzene rings is 2. The van der Waals surface area contributed by atoms with Crippen molar-refractivity contribution in [2.75, 3.05) is 12.4 Å². The highest BCUT2D eigenvalue weighted by molar-refractivity contribution is 6.30. The number of fused-ring (bicyclic) bond motifs is 1. The van der Waals surface area contributed by atoms with Crippen LogP contribution in [0, 0.1) is 11.3 Å². The molecule has 1 atom stereocenters. The van der Waals surface area contributed by atoms with E-state index in [0.29, 0.717) is 17.5 Å². The number of carbonyl (C=O) groups excluding carboxylic acids is 1.